The summed E-state index contributed by atoms with van der Waals surface area (Å²) in [5.41, 5.74) is 0. The number of hydrogen-bond donors (Lipinski definition) is 1. The monoisotopic (exact) mass is 226 g/mol. The second-order valence-electron chi connectivity index (χ2n) is 4.16. The Hall–Kier alpha value is -0.410. The van der Waals surface area contributed by atoms with Crippen LogP contribution >= 0.6 is 11.3 Å². The molecule has 0 aliphatic carbocycles. The van der Waals surface area contributed by atoms with Gasteiger partial charge in [0.2, 0.25) is 0 Å². The third kappa shape index (κ3) is 4.76. The van der Waals surface area contributed by atoms with Crippen LogP contribution in [0.3, 0.4) is 0 Å². The van der Waals surface area contributed by atoms with E-state index in [4.69, 9.17) is 0 Å². The molecule has 2 unspecified atom stereocenters. The molecule has 0 aliphatic rings. The zero-order valence-electron chi connectivity index (χ0n) is 9.99. The summed E-state index contributed by atoms with van der Waals surface area (Å²) in [6.07, 6.45) is 5.63. The third-order valence-electron chi connectivity index (χ3n) is 2.90. The van der Waals surface area contributed by atoms with Gasteiger partial charge >= 0.3 is 0 Å². The quantitative estimate of drug-likeness (QED) is 0.770. The normalized spacial score (nSPS) is 15.1. The summed E-state index contributed by atoms with van der Waals surface area (Å²) in [4.78, 5) is 4.28. The number of rotatable bonds is 7. The highest BCUT2D eigenvalue weighted by atomic mass is 32.1. The van der Waals surface area contributed by atoms with Crippen LogP contribution in [0, 0.1) is 5.92 Å². The van der Waals surface area contributed by atoms with Gasteiger partial charge < -0.3 is 5.32 Å². The zero-order chi connectivity index (χ0) is 11.1. The molecule has 0 radical (unpaired) electrons. The molecule has 0 amide bonds. The first kappa shape index (κ1) is 12.7. The summed E-state index contributed by atoms with van der Waals surface area (Å²) in [7, 11) is 0. The first-order chi connectivity index (χ1) is 7.26. The Morgan fingerprint density at radius 2 is 2.20 bits per heavy atom. The Morgan fingerprint density at radius 3 is 2.73 bits per heavy atom. The first-order valence-electron chi connectivity index (χ1n) is 5.88. The van der Waals surface area contributed by atoms with Crippen LogP contribution in [0.1, 0.15) is 45.0 Å². The van der Waals surface area contributed by atoms with Crippen LogP contribution in [-0.4, -0.2) is 11.0 Å². The van der Waals surface area contributed by atoms with E-state index < -0.39 is 0 Å². The van der Waals surface area contributed by atoms with E-state index in [1.165, 1.54) is 24.3 Å². The highest BCUT2D eigenvalue weighted by molar-refractivity contribution is 7.09. The fraction of sp³-hybridized carbons (Fsp3) is 0.750. The van der Waals surface area contributed by atoms with E-state index in [9.17, 15) is 0 Å². The molecule has 0 saturated carbocycles. The van der Waals surface area contributed by atoms with Gasteiger partial charge in [-0.05, 0) is 18.8 Å². The van der Waals surface area contributed by atoms with Gasteiger partial charge in [-0.15, -0.1) is 11.3 Å². The summed E-state index contributed by atoms with van der Waals surface area (Å²) in [5, 5.41) is 6.81. The maximum Gasteiger partial charge on any atom is 0.106 e. The molecule has 1 N–H and O–H groups in total. The molecule has 0 fully saturated rings. The van der Waals surface area contributed by atoms with E-state index in [-0.39, 0.29) is 0 Å². The van der Waals surface area contributed by atoms with E-state index in [2.05, 4.69) is 31.1 Å². The molecule has 1 aromatic rings. The van der Waals surface area contributed by atoms with Crippen molar-refractivity contribution in [3.63, 3.8) is 0 Å². The maximum absolute atomic E-state index is 4.28. The minimum absolute atomic E-state index is 0.642. The van der Waals surface area contributed by atoms with Gasteiger partial charge in [-0.25, -0.2) is 4.98 Å². The van der Waals surface area contributed by atoms with Crippen LogP contribution in [-0.2, 0) is 6.54 Å². The Morgan fingerprint density at radius 1 is 1.40 bits per heavy atom. The van der Waals surface area contributed by atoms with Crippen LogP contribution in [0.4, 0.5) is 0 Å². The van der Waals surface area contributed by atoms with Crippen molar-refractivity contribution in [2.75, 3.05) is 0 Å². The molecule has 1 rings (SSSR count). The summed E-state index contributed by atoms with van der Waals surface area (Å²) in [6, 6.07) is 0.642. The van der Waals surface area contributed by atoms with Gasteiger partial charge in [-0.1, -0.05) is 27.2 Å². The molecule has 0 bridgehead atoms. The summed E-state index contributed by atoms with van der Waals surface area (Å²) < 4.78 is 0. The van der Waals surface area contributed by atoms with Crippen LogP contribution in [0.5, 0.6) is 0 Å². The lowest BCUT2D eigenvalue weighted by Crippen LogP contribution is -2.29. The van der Waals surface area contributed by atoms with Gasteiger partial charge in [-0.3, -0.25) is 0 Å². The van der Waals surface area contributed by atoms with Gasteiger partial charge in [0, 0.05) is 24.2 Å². The van der Waals surface area contributed by atoms with E-state index in [0.29, 0.717) is 6.04 Å². The van der Waals surface area contributed by atoms with Gasteiger partial charge in [0.1, 0.15) is 5.01 Å². The van der Waals surface area contributed by atoms with Crippen molar-refractivity contribution in [2.45, 2.75) is 52.6 Å². The van der Waals surface area contributed by atoms with Crippen molar-refractivity contribution in [3.05, 3.63) is 16.6 Å². The predicted molar refractivity (Wildman–Crippen MR) is 67.1 cm³/mol. The maximum atomic E-state index is 4.28. The number of aromatic nitrogens is 1. The van der Waals surface area contributed by atoms with Crippen molar-refractivity contribution in [2.24, 2.45) is 5.92 Å². The fourth-order valence-electron chi connectivity index (χ4n) is 1.62. The Bertz CT molecular complexity index is 246. The smallest absolute Gasteiger partial charge is 0.106 e. The van der Waals surface area contributed by atoms with E-state index >= 15 is 0 Å². The molecule has 15 heavy (non-hydrogen) atoms. The number of nitrogens with one attached hydrogen (secondary N) is 1. The molecule has 1 aromatic heterocycles. The molecule has 1 heterocycles. The van der Waals surface area contributed by atoms with Gasteiger partial charge in [-0.2, -0.15) is 0 Å². The van der Waals surface area contributed by atoms with E-state index in [1.807, 2.05) is 11.6 Å². The second-order valence-corrected chi connectivity index (χ2v) is 5.14. The largest absolute Gasteiger partial charge is 0.308 e. The molecule has 0 spiro atoms. The summed E-state index contributed by atoms with van der Waals surface area (Å²) in [6.45, 7) is 7.76. The Balaban J connectivity index is 2.27. The lowest BCUT2D eigenvalue weighted by Gasteiger charge is -2.19. The Labute approximate surface area is 97.1 Å². The number of hydrogen-bond acceptors (Lipinski definition) is 3. The zero-order valence-corrected chi connectivity index (χ0v) is 10.8. The van der Waals surface area contributed by atoms with Crippen molar-refractivity contribution in [1.29, 1.82) is 0 Å². The fourth-order valence-corrected chi connectivity index (χ4v) is 2.19. The van der Waals surface area contributed by atoms with Crippen LogP contribution < -0.4 is 5.32 Å². The molecule has 3 heteroatoms. The molecule has 86 valence electrons. The van der Waals surface area contributed by atoms with Gasteiger partial charge in [0.05, 0.1) is 0 Å². The lowest BCUT2D eigenvalue weighted by molar-refractivity contribution is 0.384. The van der Waals surface area contributed by atoms with E-state index in [1.54, 1.807) is 11.3 Å². The predicted octanol–water partition coefficient (Wildman–Crippen LogP) is 3.45. The molecule has 2 atom stereocenters. The highest BCUT2D eigenvalue weighted by Gasteiger charge is 2.10. The number of thiazole rings is 1. The molecule has 2 nitrogen and oxygen atoms in total. The van der Waals surface area contributed by atoms with E-state index in [0.717, 1.165) is 12.5 Å². The van der Waals surface area contributed by atoms with Gasteiger partial charge in [0.25, 0.3) is 0 Å². The van der Waals surface area contributed by atoms with Crippen LogP contribution in [0.2, 0.25) is 0 Å². The van der Waals surface area contributed by atoms with Crippen LogP contribution in [0.15, 0.2) is 11.6 Å². The molecule has 0 aliphatic heterocycles. The minimum Gasteiger partial charge on any atom is -0.308 e. The SMILES string of the molecule is CCC(C)CC(CC)NCc1nccs1. The second kappa shape index (κ2) is 6.96. The van der Waals surface area contributed by atoms with Crippen molar-refractivity contribution in [3.8, 4) is 0 Å². The first-order valence-corrected chi connectivity index (χ1v) is 6.75. The summed E-state index contributed by atoms with van der Waals surface area (Å²) in [5.74, 6) is 0.818. The average Bonchev–Trinajstić information content (AvgIpc) is 2.76. The Kier molecular flexibility index (Phi) is 5.88. The minimum atomic E-state index is 0.642. The third-order valence-corrected chi connectivity index (χ3v) is 3.68. The standard InChI is InChI=1S/C12H22N2S/c1-4-10(3)8-11(5-2)14-9-12-13-6-7-15-12/h6-7,10-11,14H,4-5,8-9H2,1-3H3. The van der Waals surface area contributed by atoms with Crippen molar-refractivity contribution >= 4 is 11.3 Å². The molecule has 0 saturated heterocycles. The number of nitrogens with zero attached hydrogens (tertiary/aromatic N) is 1. The topological polar surface area (TPSA) is 24.9 Å². The van der Waals surface area contributed by atoms with Crippen molar-refractivity contribution < 1.29 is 0 Å². The van der Waals surface area contributed by atoms with Crippen molar-refractivity contribution in [1.82, 2.24) is 10.3 Å². The highest BCUT2D eigenvalue weighted by Crippen LogP contribution is 2.13. The van der Waals surface area contributed by atoms with Gasteiger partial charge in [0.15, 0.2) is 0 Å². The molecular weight excluding hydrogens is 204 g/mol. The van der Waals surface area contributed by atoms with Crippen LogP contribution in [0.25, 0.3) is 0 Å². The molecular formula is C12H22N2S. The molecule has 0 aromatic carbocycles. The lowest BCUT2D eigenvalue weighted by atomic mass is 9.98. The summed E-state index contributed by atoms with van der Waals surface area (Å²) >= 11 is 1.73. The average molecular weight is 226 g/mol.